The van der Waals surface area contributed by atoms with E-state index in [0.717, 1.165) is 6.42 Å². The van der Waals surface area contributed by atoms with Crippen molar-refractivity contribution in [2.75, 3.05) is 39.5 Å². The molecule has 2 atom stereocenters. The van der Waals surface area contributed by atoms with E-state index in [-0.39, 0.29) is 6.10 Å². The molecule has 20 heavy (non-hydrogen) atoms. The van der Waals surface area contributed by atoms with Gasteiger partial charge >= 0.3 is 0 Å². The van der Waals surface area contributed by atoms with E-state index in [1.807, 2.05) is 0 Å². The molecular weight excluding hydrogens is 280 g/mol. The highest BCUT2D eigenvalue weighted by molar-refractivity contribution is 7.87. The van der Waals surface area contributed by atoms with Crippen molar-refractivity contribution in [3.8, 4) is 0 Å². The third-order valence-corrected chi connectivity index (χ3v) is 5.68. The fourth-order valence-electron chi connectivity index (χ4n) is 2.79. The van der Waals surface area contributed by atoms with Crippen molar-refractivity contribution in [3.63, 3.8) is 0 Å². The minimum atomic E-state index is -3.38. The fraction of sp³-hybridized carbons (Fsp3) is 1.00. The van der Waals surface area contributed by atoms with Crippen LogP contribution < -0.4 is 4.72 Å². The van der Waals surface area contributed by atoms with Gasteiger partial charge in [0.2, 0.25) is 0 Å². The number of hydrogen-bond donors (Lipinski definition) is 1. The van der Waals surface area contributed by atoms with Crippen LogP contribution in [0.15, 0.2) is 0 Å². The maximum atomic E-state index is 12.0. The Morgan fingerprint density at radius 1 is 1.25 bits per heavy atom. The molecule has 1 heterocycles. The summed E-state index contributed by atoms with van der Waals surface area (Å²) in [5.74, 6) is 0.583. The highest BCUT2D eigenvalue weighted by Gasteiger charge is 2.24. The van der Waals surface area contributed by atoms with Gasteiger partial charge in [0.05, 0.1) is 25.9 Å². The number of ether oxygens (including phenoxy) is 2. The fourth-order valence-corrected chi connectivity index (χ4v) is 3.94. The van der Waals surface area contributed by atoms with Gasteiger partial charge in [-0.25, -0.2) is 0 Å². The summed E-state index contributed by atoms with van der Waals surface area (Å²) < 4.78 is 39.0. The predicted octanol–water partition coefficient (Wildman–Crippen LogP) is 0.748. The molecule has 118 valence electrons. The van der Waals surface area contributed by atoms with Crippen molar-refractivity contribution in [1.82, 2.24) is 9.03 Å². The lowest BCUT2D eigenvalue weighted by Crippen LogP contribution is -2.47. The summed E-state index contributed by atoms with van der Waals surface area (Å²) in [6.45, 7) is 4.78. The first kappa shape index (κ1) is 16.2. The van der Waals surface area contributed by atoms with Gasteiger partial charge in [-0.05, 0) is 18.8 Å². The topological polar surface area (TPSA) is 67.9 Å². The molecule has 1 saturated carbocycles. The largest absolute Gasteiger partial charge is 0.379 e. The SMILES string of the molecule is CC1CCCCC1OCCNS(=O)(=O)N1CCOCC1. The molecule has 0 aromatic heterocycles. The highest BCUT2D eigenvalue weighted by atomic mass is 32.2. The van der Waals surface area contributed by atoms with Crippen molar-refractivity contribution in [3.05, 3.63) is 0 Å². The third kappa shape index (κ3) is 4.66. The molecular formula is C13H26N2O4S. The summed E-state index contributed by atoms with van der Waals surface area (Å²) in [5.41, 5.74) is 0. The predicted molar refractivity (Wildman–Crippen MR) is 76.7 cm³/mol. The summed E-state index contributed by atoms with van der Waals surface area (Å²) in [6.07, 6.45) is 5.09. The minimum absolute atomic E-state index is 0.289. The zero-order chi connectivity index (χ0) is 14.4. The Morgan fingerprint density at radius 2 is 1.95 bits per heavy atom. The van der Waals surface area contributed by atoms with Gasteiger partial charge in [0.25, 0.3) is 10.2 Å². The van der Waals surface area contributed by atoms with E-state index < -0.39 is 10.2 Å². The van der Waals surface area contributed by atoms with E-state index in [2.05, 4.69) is 11.6 Å². The van der Waals surface area contributed by atoms with E-state index in [1.54, 1.807) is 0 Å². The van der Waals surface area contributed by atoms with Crippen LogP contribution in [-0.4, -0.2) is 58.3 Å². The number of morpholine rings is 1. The van der Waals surface area contributed by atoms with E-state index in [4.69, 9.17) is 9.47 Å². The number of nitrogens with one attached hydrogen (secondary N) is 1. The van der Waals surface area contributed by atoms with Crippen molar-refractivity contribution in [2.24, 2.45) is 5.92 Å². The van der Waals surface area contributed by atoms with Crippen molar-refractivity contribution >= 4 is 10.2 Å². The van der Waals surface area contributed by atoms with Crippen LogP contribution in [0, 0.1) is 5.92 Å². The second-order valence-corrected chi connectivity index (χ2v) is 7.34. The summed E-state index contributed by atoms with van der Waals surface area (Å²) in [4.78, 5) is 0. The van der Waals surface area contributed by atoms with Crippen LogP contribution in [0.4, 0.5) is 0 Å². The highest BCUT2D eigenvalue weighted by Crippen LogP contribution is 2.25. The number of rotatable bonds is 6. The Labute approximate surface area is 122 Å². The molecule has 0 bridgehead atoms. The second kappa shape index (κ2) is 7.70. The normalized spacial score (nSPS) is 29.4. The first-order valence-corrected chi connectivity index (χ1v) is 8.98. The van der Waals surface area contributed by atoms with Crippen LogP contribution in [0.2, 0.25) is 0 Å². The Kier molecular flexibility index (Phi) is 6.22. The summed E-state index contributed by atoms with van der Waals surface area (Å²) in [7, 11) is -3.38. The lowest BCUT2D eigenvalue weighted by Gasteiger charge is -2.29. The van der Waals surface area contributed by atoms with Gasteiger partial charge in [-0.2, -0.15) is 17.4 Å². The lowest BCUT2D eigenvalue weighted by atomic mass is 9.88. The Morgan fingerprint density at radius 3 is 2.65 bits per heavy atom. The van der Waals surface area contributed by atoms with Gasteiger partial charge < -0.3 is 9.47 Å². The average molecular weight is 306 g/mol. The van der Waals surface area contributed by atoms with Gasteiger partial charge in [-0.1, -0.05) is 19.8 Å². The van der Waals surface area contributed by atoms with E-state index in [9.17, 15) is 8.42 Å². The Hall–Kier alpha value is -0.210. The molecule has 2 fully saturated rings. The zero-order valence-corrected chi connectivity index (χ0v) is 13.0. The van der Waals surface area contributed by atoms with Crippen LogP contribution in [-0.2, 0) is 19.7 Å². The van der Waals surface area contributed by atoms with Crippen LogP contribution in [0.5, 0.6) is 0 Å². The summed E-state index contributed by atoms with van der Waals surface area (Å²) in [5, 5.41) is 0. The van der Waals surface area contributed by atoms with Gasteiger partial charge in [-0.3, -0.25) is 0 Å². The molecule has 2 aliphatic rings. The average Bonchev–Trinajstić information content (AvgIpc) is 2.46. The van der Waals surface area contributed by atoms with Crippen LogP contribution >= 0.6 is 0 Å². The molecule has 6 nitrogen and oxygen atoms in total. The van der Waals surface area contributed by atoms with Crippen LogP contribution in [0.25, 0.3) is 0 Å². The minimum Gasteiger partial charge on any atom is -0.379 e. The molecule has 2 rings (SSSR count). The van der Waals surface area contributed by atoms with Crippen LogP contribution in [0.1, 0.15) is 32.6 Å². The monoisotopic (exact) mass is 306 g/mol. The smallest absolute Gasteiger partial charge is 0.279 e. The molecule has 0 aromatic carbocycles. The molecule has 1 saturated heterocycles. The molecule has 7 heteroatoms. The van der Waals surface area contributed by atoms with Gasteiger partial charge in [0.15, 0.2) is 0 Å². The third-order valence-electron chi connectivity index (χ3n) is 4.06. The Balaban J connectivity index is 1.66. The van der Waals surface area contributed by atoms with Gasteiger partial charge in [0.1, 0.15) is 0 Å². The van der Waals surface area contributed by atoms with E-state index >= 15 is 0 Å². The van der Waals surface area contributed by atoms with E-state index in [1.165, 1.54) is 23.6 Å². The number of hydrogen-bond acceptors (Lipinski definition) is 4. The van der Waals surface area contributed by atoms with Crippen molar-refractivity contribution in [1.29, 1.82) is 0 Å². The summed E-state index contributed by atoms with van der Waals surface area (Å²) >= 11 is 0. The first-order chi connectivity index (χ1) is 9.59. The molecule has 1 aliphatic heterocycles. The molecule has 0 amide bonds. The number of nitrogens with zero attached hydrogens (tertiary/aromatic N) is 1. The maximum absolute atomic E-state index is 12.0. The molecule has 1 aliphatic carbocycles. The first-order valence-electron chi connectivity index (χ1n) is 7.53. The standard InChI is InChI=1S/C13H26N2O4S/c1-12-4-2-3-5-13(12)19-9-6-14-20(16,17)15-7-10-18-11-8-15/h12-14H,2-11H2,1H3. The van der Waals surface area contributed by atoms with Crippen LogP contribution in [0.3, 0.4) is 0 Å². The maximum Gasteiger partial charge on any atom is 0.279 e. The van der Waals surface area contributed by atoms with Crippen molar-refractivity contribution in [2.45, 2.75) is 38.7 Å². The molecule has 0 radical (unpaired) electrons. The zero-order valence-electron chi connectivity index (χ0n) is 12.2. The lowest BCUT2D eigenvalue weighted by molar-refractivity contribution is -0.00195. The van der Waals surface area contributed by atoms with Gasteiger partial charge in [-0.15, -0.1) is 0 Å². The second-order valence-electron chi connectivity index (χ2n) is 5.58. The quantitative estimate of drug-likeness (QED) is 0.735. The molecule has 0 spiro atoms. The molecule has 1 N–H and O–H groups in total. The summed E-state index contributed by atoms with van der Waals surface area (Å²) in [6, 6.07) is 0. The van der Waals surface area contributed by atoms with E-state index in [0.29, 0.717) is 45.4 Å². The Bertz CT molecular complexity index is 382. The molecule has 0 aromatic rings. The van der Waals surface area contributed by atoms with Crippen molar-refractivity contribution < 1.29 is 17.9 Å². The van der Waals surface area contributed by atoms with Gasteiger partial charge in [0, 0.05) is 19.6 Å². The molecule has 2 unspecified atom stereocenters.